The van der Waals surface area contributed by atoms with Crippen LogP contribution in [0.2, 0.25) is 0 Å². The molecular weight excluding hydrogens is 258 g/mol. The number of anilines is 1. The van der Waals surface area contributed by atoms with E-state index in [1.807, 2.05) is 30.1 Å². The molecule has 1 amide bonds. The van der Waals surface area contributed by atoms with Crippen molar-refractivity contribution >= 4 is 23.4 Å². The summed E-state index contributed by atoms with van der Waals surface area (Å²) >= 11 is 1.64. The number of hydrogen-bond donors (Lipinski definition) is 0. The van der Waals surface area contributed by atoms with E-state index in [4.69, 9.17) is 0 Å². The third-order valence-electron chi connectivity index (χ3n) is 2.70. The zero-order chi connectivity index (χ0) is 14.4. The van der Waals surface area contributed by atoms with Crippen molar-refractivity contribution in [1.29, 1.82) is 5.26 Å². The molecule has 0 saturated heterocycles. The molecule has 0 spiro atoms. The largest absolute Gasteiger partial charge is 0.364 e. The fourth-order valence-corrected chi connectivity index (χ4v) is 2.44. The van der Waals surface area contributed by atoms with Crippen molar-refractivity contribution in [1.82, 2.24) is 4.90 Å². The molecule has 0 radical (unpaired) electrons. The van der Waals surface area contributed by atoms with Crippen LogP contribution in [0.3, 0.4) is 0 Å². The Balaban J connectivity index is 3.03. The molecule has 0 fully saturated rings. The summed E-state index contributed by atoms with van der Waals surface area (Å²) in [5.41, 5.74) is 1.44. The number of carbonyl (C=O) groups is 1. The molecule has 0 bridgehead atoms. The normalized spacial score (nSPS) is 9.84. The maximum atomic E-state index is 11.7. The monoisotopic (exact) mass is 277 g/mol. The van der Waals surface area contributed by atoms with Crippen molar-refractivity contribution in [2.45, 2.75) is 11.8 Å². The Morgan fingerprint density at radius 3 is 2.58 bits per heavy atom. The standard InChI is InChI=1S/C14H19N3OS/c1-5-19-13-8-6-7-12(11(13)9-15)17(4)10-14(18)16(2)3/h6-8H,5,10H2,1-4H3. The molecule has 0 heterocycles. The summed E-state index contributed by atoms with van der Waals surface area (Å²) in [6.45, 7) is 2.32. The van der Waals surface area contributed by atoms with Gasteiger partial charge >= 0.3 is 0 Å². The third-order valence-corrected chi connectivity index (χ3v) is 3.64. The quantitative estimate of drug-likeness (QED) is 0.774. The summed E-state index contributed by atoms with van der Waals surface area (Å²) in [5, 5.41) is 9.33. The van der Waals surface area contributed by atoms with Crippen LogP contribution in [0.1, 0.15) is 12.5 Å². The van der Waals surface area contributed by atoms with E-state index < -0.39 is 0 Å². The number of benzene rings is 1. The lowest BCUT2D eigenvalue weighted by molar-refractivity contribution is -0.127. The Labute approximate surface area is 119 Å². The van der Waals surface area contributed by atoms with Crippen molar-refractivity contribution in [3.05, 3.63) is 23.8 Å². The molecule has 0 atom stereocenters. The number of nitriles is 1. The number of nitrogens with zero attached hydrogens (tertiary/aromatic N) is 3. The van der Waals surface area contributed by atoms with Gasteiger partial charge < -0.3 is 9.80 Å². The van der Waals surface area contributed by atoms with Gasteiger partial charge in [0.25, 0.3) is 0 Å². The first-order valence-electron chi connectivity index (χ1n) is 6.08. The van der Waals surface area contributed by atoms with E-state index in [9.17, 15) is 10.1 Å². The predicted octanol–water partition coefficient (Wildman–Crippen LogP) is 2.19. The van der Waals surface area contributed by atoms with Crippen molar-refractivity contribution in [2.75, 3.05) is 38.3 Å². The summed E-state index contributed by atoms with van der Waals surface area (Å²) < 4.78 is 0. The number of thioether (sulfide) groups is 1. The van der Waals surface area contributed by atoms with E-state index in [-0.39, 0.29) is 12.5 Å². The van der Waals surface area contributed by atoms with Crippen molar-refractivity contribution in [3.63, 3.8) is 0 Å². The molecule has 1 aromatic carbocycles. The van der Waals surface area contributed by atoms with Gasteiger partial charge in [0.1, 0.15) is 6.07 Å². The molecule has 102 valence electrons. The van der Waals surface area contributed by atoms with Gasteiger partial charge in [-0.25, -0.2) is 0 Å². The molecule has 0 N–H and O–H groups in total. The molecule has 0 aliphatic heterocycles. The van der Waals surface area contributed by atoms with Gasteiger partial charge in [-0.2, -0.15) is 5.26 Å². The predicted molar refractivity (Wildman–Crippen MR) is 79.5 cm³/mol. The Morgan fingerprint density at radius 2 is 2.05 bits per heavy atom. The number of rotatable bonds is 5. The van der Waals surface area contributed by atoms with Gasteiger partial charge in [-0.1, -0.05) is 13.0 Å². The lowest BCUT2D eigenvalue weighted by Gasteiger charge is -2.22. The number of amides is 1. The second kappa shape index (κ2) is 7.05. The molecule has 0 aromatic heterocycles. The molecule has 19 heavy (non-hydrogen) atoms. The summed E-state index contributed by atoms with van der Waals surface area (Å²) in [6.07, 6.45) is 0. The van der Waals surface area contributed by atoms with Gasteiger partial charge in [-0.05, 0) is 17.9 Å². The first-order valence-corrected chi connectivity index (χ1v) is 7.07. The van der Waals surface area contributed by atoms with Crippen LogP contribution in [0, 0.1) is 11.3 Å². The van der Waals surface area contributed by atoms with Crippen molar-refractivity contribution in [3.8, 4) is 6.07 Å². The van der Waals surface area contributed by atoms with Gasteiger partial charge in [0.15, 0.2) is 0 Å². The van der Waals surface area contributed by atoms with Gasteiger partial charge in [0, 0.05) is 26.0 Å². The van der Waals surface area contributed by atoms with Crippen molar-refractivity contribution < 1.29 is 4.79 Å². The molecule has 0 aliphatic rings. The molecule has 5 heteroatoms. The van der Waals surface area contributed by atoms with Crippen LogP contribution in [0.25, 0.3) is 0 Å². The zero-order valence-corrected chi connectivity index (χ0v) is 12.6. The van der Waals surface area contributed by atoms with E-state index in [1.165, 1.54) is 0 Å². The van der Waals surface area contributed by atoms with E-state index in [0.717, 1.165) is 16.3 Å². The highest BCUT2D eigenvalue weighted by Crippen LogP contribution is 2.29. The summed E-state index contributed by atoms with van der Waals surface area (Å²) in [7, 11) is 5.29. The molecule has 0 saturated carbocycles. The van der Waals surface area contributed by atoms with Gasteiger partial charge in [-0.3, -0.25) is 4.79 Å². The molecule has 0 unspecified atom stereocenters. The zero-order valence-electron chi connectivity index (χ0n) is 11.8. The van der Waals surface area contributed by atoms with Crippen LogP contribution in [0.5, 0.6) is 0 Å². The highest BCUT2D eigenvalue weighted by Gasteiger charge is 2.14. The van der Waals surface area contributed by atoms with Gasteiger partial charge in [-0.15, -0.1) is 11.8 Å². The lowest BCUT2D eigenvalue weighted by atomic mass is 10.2. The first kappa shape index (κ1) is 15.4. The topological polar surface area (TPSA) is 47.3 Å². The highest BCUT2D eigenvalue weighted by atomic mass is 32.2. The molecule has 4 nitrogen and oxygen atoms in total. The summed E-state index contributed by atoms with van der Waals surface area (Å²) in [4.78, 5) is 16.1. The van der Waals surface area contributed by atoms with Gasteiger partial charge in [0.2, 0.25) is 5.91 Å². The van der Waals surface area contributed by atoms with Crippen LogP contribution in [0.15, 0.2) is 23.1 Å². The average molecular weight is 277 g/mol. The second-order valence-electron chi connectivity index (χ2n) is 4.34. The minimum atomic E-state index is 0.0138. The smallest absolute Gasteiger partial charge is 0.241 e. The molecule has 1 rings (SSSR count). The fourth-order valence-electron chi connectivity index (χ4n) is 1.66. The lowest BCUT2D eigenvalue weighted by Crippen LogP contribution is -2.34. The summed E-state index contributed by atoms with van der Waals surface area (Å²) in [6, 6.07) is 7.98. The summed E-state index contributed by atoms with van der Waals surface area (Å²) in [5.74, 6) is 0.929. The average Bonchev–Trinajstić information content (AvgIpc) is 2.38. The van der Waals surface area contributed by atoms with Crippen LogP contribution >= 0.6 is 11.8 Å². The Bertz CT molecular complexity index is 494. The van der Waals surface area contributed by atoms with E-state index >= 15 is 0 Å². The highest BCUT2D eigenvalue weighted by molar-refractivity contribution is 7.99. The number of carbonyl (C=O) groups excluding carboxylic acids is 1. The molecule has 1 aromatic rings. The first-order chi connectivity index (χ1) is 9.01. The Morgan fingerprint density at radius 1 is 1.37 bits per heavy atom. The Hall–Kier alpha value is -1.67. The maximum Gasteiger partial charge on any atom is 0.241 e. The second-order valence-corrected chi connectivity index (χ2v) is 5.65. The Kier molecular flexibility index (Phi) is 5.71. The maximum absolute atomic E-state index is 11.7. The number of hydrogen-bond acceptors (Lipinski definition) is 4. The fraction of sp³-hybridized carbons (Fsp3) is 0.429. The van der Waals surface area contributed by atoms with E-state index in [2.05, 4.69) is 13.0 Å². The van der Waals surface area contributed by atoms with E-state index in [1.54, 1.807) is 30.8 Å². The minimum Gasteiger partial charge on any atom is -0.364 e. The van der Waals surface area contributed by atoms with Crippen LogP contribution < -0.4 is 4.90 Å². The molecule has 0 aliphatic carbocycles. The van der Waals surface area contributed by atoms with Crippen LogP contribution in [-0.4, -0.2) is 44.2 Å². The SMILES string of the molecule is CCSc1cccc(N(C)CC(=O)N(C)C)c1C#N. The minimum absolute atomic E-state index is 0.0138. The van der Waals surface area contributed by atoms with Crippen molar-refractivity contribution in [2.24, 2.45) is 0 Å². The van der Waals surface area contributed by atoms with Crippen LogP contribution in [0.4, 0.5) is 5.69 Å². The van der Waals surface area contributed by atoms with Gasteiger partial charge in [0.05, 0.1) is 17.8 Å². The third kappa shape index (κ3) is 3.90. The van der Waals surface area contributed by atoms with Crippen LogP contribution in [-0.2, 0) is 4.79 Å². The number of likely N-dealkylation sites (N-methyl/N-ethyl adjacent to an activating group) is 2. The molecular formula is C14H19N3OS. The van der Waals surface area contributed by atoms with E-state index in [0.29, 0.717) is 5.56 Å².